The van der Waals surface area contributed by atoms with Gasteiger partial charge in [-0.05, 0) is 60.5 Å². The van der Waals surface area contributed by atoms with Crippen molar-refractivity contribution >= 4 is 11.8 Å². The molecule has 0 saturated carbocycles. The summed E-state index contributed by atoms with van der Waals surface area (Å²) in [5.74, 6) is 0.119. The summed E-state index contributed by atoms with van der Waals surface area (Å²) in [5, 5.41) is 0. The maximum absolute atomic E-state index is 13.1. The molecule has 0 N–H and O–H groups in total. The number of hydrogen-bond donors (Lipinski definition) is 0. The minimum Gasteiger partial charge on any atom is -0.489 e. The number of carbonyl (C=O) groups excluding carboxylic acids is 2. The Morgan fingerprint density at radius 3 is 2.12 bits per heavy atom. The van der Waals surface area contributed by atoms with Crippen LogP contribution in [0.3, 0.4) is 0 Å². The third-order valence-corrected chi connectivity index (χ3v) is 5.05. The summed E-state index contributed by atoms with van der Waals surface area (Å²) in [6, 6.07) is 20.5. The van der Waals surface area contributed by atoms with Crippen molar-refractivity contribution in [2.45, 2.75) is 20.1 Å². The highest BCUT2D eigenvalue weighted by atomic mass is 19.1. The minimum absolute atomic E-state index is 0.0579. The number of nitrogens with zero attached hydrogens (tertiary/aromatic N) is 2. The molecule has 0 heterocycles. The van der Waals surface area contributed by atoms with Gasteiger partial charge in [0.2, 0.25) is 0 Å². The van der Waals surface area contributed by atoms with E-state index in [1.807, 2.05) is 19.1 Å². The second-order valence-electron chi connectivity index (χ2n) is 7.66. The number of rotatable bonds is 8. The number of amides is 2. The molecule has 0 radical (unpaired) electrons. The minimum atomic E-state index is -0.292. The Bertz CT molecular complexity index is 1060. The molecular weight excluding hydrogens is 407 g/mol. The SMILES string of the molecule is CCN(Cc1ccc(C(=O)N(C)C)cc1)C(=O)c1cccc(OCc2ccc(F)cc2)c1. The molecule has 3 aromatic carbocycles. The van der Waals surface area contributed by atoms with Crippen molar-refractivity contribution in [2.75, 3.05) is 20.6 Å². The highest BCUT2D eigenvalue weighted by molar-refractivity contribution is 5.95. The zero-order valence-corrected chi connectivity index (χ0v) is 18.5. The first-order valence-electron chi connectivity index (χ1n) is 10.4. The summed E-state index contributed by atoms with van der Waals surface area (Å²) < 4.78 is 18.8. The average molecular weight is 435 g/mol. The summed E-state index contributed by atoms with van der Waals surface area (Å²) in [4.78, 5) is 28.4. The Morgan fingerprint density at radius 2 is 1.50 bits per heavy atom. The fraction of sp³-hybridized carbons (Fsp3) is 0.231. The van der Waals surface area contributed by atoms with E-state index in [0.717, 1.165) is 11.1 Å². The molecule has 6 heteroatoms. The van der Waals surface area contributed by atoms with Gasteiger partial charge < -0.3 is 14.5 Å². The van der Waals surface area contributed by atoms with Gasteiger partial charge in [-0.2, -0.15) is 0 Å². The van der Waals surface area contributed by atoms with Crippen molar-refractivity contribution in [3.8, 4) is 5.75 Å². The van der Waals surface area contributed by atoms with E-state index < -0.39 is 0 Å². The maximum atomic E-state index is 13.1. The van der Waals surface area contributed by atoms with Crippen molar-refractivity contribution in [2.24, 2.45) is 0 Å². The number of hydrogen-bond acceptors (Lipinski definition) is 3. The molecule has 166 valence electrons. The van der Waals surface area contributed by atoms with Gasteiger partial charge >= 0.3 is 0 Å². The molecule has 0 bridgehead atoms. The smallest absolute Gasteiger partial charge is 0.254 e. The molecule has 3 aromatic rings. The molecule has 0 aliphatic heterocycles. The summed E-state index contributed by atoms with van der Waals surface area (Å²) in [7, 11) is 3.43. The van der Waals surface area contributed by atoms with Gasteiger partial charge in [0.15, 0.2) is 0 Å². The first kappa shape index (κ1) is 23.0. The standard InChI is InChI=1S/C26H27FN2O3/c1-4-29(17-19-8-12-21(13-9-19)25(30)28(2)3)26(31)22-6-5-7-24(16-22)32-18-20-10-14-23(27)15-11-20/h5-16H,4,17-18H2,1-3H3. The summed E-state index contributed by atoms with van der Waals surface area (Å²) >= 11 is 0. The van der Waals surface area contributed by atoms with E-state index in [9.17, 15) is 14.0 Å². The molecule has 0 unspecified atom stereocenters. The Balaban J connectivity index is 1.66. The van der Waals surface area contributed by atoms with E-state index in [-0.39, 0.29) is 24.2 Å². The molecule has 0 aliphatic rings. The first-order chi connectivity index (χ1) is 15.4. The van der Waals surface area contributed by atoms with Crippen molar-refractivity contribution in [1.82, 2.24) is 9.80 Å². The quantitative estimate of drug-likeness (QED) is 0.513. The lowest BCUT2D eigenvalue weighted by Crippen LogP contribution is -2.30. The Labute approximate surface area is 188 Å². The molecule has 0 atom stereocenters. The van der Waals surface area contributed by atoms with Crippen LogP contribution in [0.5, 0.6) is 5.75 Å². The fourth-order valence-electron chi connectivity index (χ4n) is 3.21. The molecule has 0 aromatic heterocycles. The number of carbonyl (C=O) groups is 2. The molecule has 0 spiro atoms. The van der Waals surface area contributed by atoms with E-state index in [2.05, 4.69) is 0 Å². The normalized spacial score (nSPS) is 10.5. The lowest BCUT2D eigenvalue weighted by Gasteiger charge is -2.21. The maximum Gasteiger partial charge on any atom is 0.254 e. The van der Waals surface area contributed by atoms with Gasteiger partial charge in [-0.1, -0.05) is 30.3 Å². The Hall–Kier alpha value is -3.67. The molecule has 0 aliphatic carbocycles. The fourth-order valence-corrected chi connectivity index (χ4v) is 3.21. The van der Waals surface area contributed by atoms with E-state index >= 15 is 0 Å². The van der Waals surface area contributed by atoms with Crippen LogP contribution in [0.1, 0.15) is 38.8 Å². The van der Waals surface area contributed by atoms with Crippen LogP contribution in [0.2, 0.25) is 0 Å². The second kappa shape index (κ2) is 10.6. The molecule has 0 fully saturated rings. The average Bonchev–Trinajstić information content (AvgIpc) is 2.81. The van der Waals surface area contributed by atoms with Crippen LogP contribution in [-0.2, 0) is 13.2 Å². The summed E-state index contributed by atoms with van der Waals surface area (Å²) in [6.45, 7) is 3.19. The van der Waals surface area contributed by atoms with Crippen LogP contribution in [0, 0.1) is 5.82 Å². The van der Waals surface area contributed by atoms with Crippen LogP contribution < -0.4 is 4.74 Å². The van der Waals surface area contributed by atoms with Crippen molar-refractivity contribution in [3.05, 3.63) is 101 Å². The summed E-state index contributed by atoms with van der Waals surface area (Å²) in [6.07, 6.45) is 0. The van der Waals surface area contributed by atoms with Crippen LogP contribution in [-0.4, -0.2) is 42.3 Å². The zero-order valence-electron chi connectivity index (χ0n) is 18.5. The second-order valence-corrected chi connectivity index (χ2v) is 7.66. The van der Waals surface area contributed by atoms with Gasteiger partial charge in [-0.25, -0.2) is 4.39 Å². The van der Waals surface area contributed by atoms with Gasteiger partial charge in [0.25, 0.3) is 11.8 Å². The molecule has 2 amide bonds. The van der Waals surface area contributed by atoms with Crippen LogP contribution in [0.25, 0.3) is 0 Å². The van der Waals surface area contributed by atoms with Crippen LogP contribution in [0.4, 0.5) is 4.39 Å². The number of benzene rings is 3. The molecule has 32 heavy (non-hydrogen) atoms. The molecule has 0 saturated heterocycles. The third kappa shape index (κ3) is 5.94. The van der Waals surface area contributed by atoms with E-state index in [1.54, 1.807) is 67.5 Å². The number of halogens is 1. The lowest BCUT2D eigenvalue weighted by molar-refractivity contribution is 0.0751. The number of ether oxygens (including phenoxy) is 1. The van der Waals surface area contributed by atoms with Crippen molar-refractivity contribution < 1.29 is 18.7 Å². The van der Waals surface area contributed by atoms with Crippen LogP contribution >= 0.6 is 0 Å². The van der Waals surface area contributed by atoms with E-state index in [4.69, 9.17) is 4.74 Å². The predicted octanol–water partition coefficient (Wildman–Crippen LogP) is 4.77. The van der Waals surface area contributed by atoms with Crippen molar-refractivity contribution in [1.29, 1.82) is 0 Å². The van der Waals surface area contributed by atoms with Gasteiger partial charge in [-0.15, -0.1) is 0 Å². The van der Waals surface area contributed by atoms with Gasteiger partial charge in [0.1, 0.15) is 18.2 Å². The van der Waals surface area contributed by atoms with E-state index in [1.165, 1.54) is 17.0 Å². The Kier molecular flexibility index (Phi) is 7.60. The first-order valence-corrected chi connectivity index (χ1v) is 10.4. The monoisotopic (exact) mass is 434 g/mol. The van der Waals surface area contributed by atoms with Crippen LogP contribution in [0.15, 0.2) is 72.8 Å². The van der Waals surface area contributed by atoms with Gasteiger partial charge in [-0.3, -0.25) is 9.59 Å². The lowest BCUT2D eigenvalue weighted by atomic mass is 10.1. The third-order valence-electron chi connectivity index (χ3n) is 5.05. The Morgan fingerprint density at radius 1 is 0.844 bits per heavy atom. The highest BCUT2D eigenvalue weighted by Gasteiger charge is 2.16. The van der Waals surface area contributed by atoms with Gasteiger partial charge in [0, 0.05) is 38.3 Å². The predicted molar refractivity (Wildman–Crippen MR) is 122 cm³/mol. The molecular formula is C26H27FN2O3. The topological polar surface area (TPSA) is 49.9 Å². The highest BCUT2D eigenvalue weighted by Crippen LogP contribution is 2.18. The largest absolute Gasteiger partial charge is 0.489 e. The molecule has 5 nitrogen and oxygen atoms in total. The summed E-state index contributed by atoms with van der Waals surface area (Å²) in [5.41, 5.74) is 2.93. The van der Waals surface area contributed by atoms with E-state index in [0.29, 0.717) is 30.0 Å². The molecule has 3 rings (SSSR count). The van der Waals surface area contributed by atoms with Crippen molar-refractivity contribution in [3.63, 3.8) is 0 Å². The van der Waals surface area contributed by atoms with Gasteiger partial charge in [0.05, 0.1) is 0 Å². The zero-order chi connectivity index (χ0) is 23.1.